The first kappa shape index (κ1) is 16.7. The van der Waals surface area contributed by atoms with Crippen LogP contribution in [0.15, 0.2) is 35.1 Å². The SMILES string of the molecule is CNCC(=Cc1csc2ccccc12)B1OC(C)(C)C(C)(C)O1. The zero-order valence-electron chi connectivity index (χ0n) is 14.5. The molecule has 0 spiro atoms. The fraction of sp³-hybridized carbons (Fsp3) is 0.444. The van der Waals surface area contributed by atoms with Crippen molar-refractivity contribution in [2.24, 2.45) is 0 Å². The van der Waals surface area contributed by atoms with Gasteiger partial charge in [0.25, 0.3) is 0 Å². The third-order valence-electron chi connectivity index (χ3n) is 4.79. The molecule has 2 aromatic rings. The summed E-state index contributed by atoms with van der Waals surface area (Å²) in [5.74, 6) is 0. The van der Waals surface area contributed by atoms with Gasteiger partial charge in [0.05, 0.1) is 11.2 Å². The number of thiophene rings is 1. The quantitative estimate of drug-likeness (QED) is 0.856. The summed E-state index contributed by atoms with van der Waals surface area (Å²) in [5.41, 5.74) is 1.71. The van der Waals surface area contributed by atoms with Crippen molar-refractivity contribution in [3.8, 4) is 0 Å². The van der Waals surface area contributed by atoms with Gasteiger partial charge in [0.15, 0.2) is 0 Å². The Morgan fingerprint density at radius 1 is 1.17 bits per heavy atom. The van der Waals surface area contributed by atoms with Crippen molar-refractivity contribution in [3.63, 3.8) is 0 Å². The Labute approximate surface area is 142 Å². The molecule has 23 heavy (non-hydrogen) atoms. The van der Waals surface area contributed by atoms with E-state index in [4.69, 9.17) is 9.31 Å². The molecule has 3 nitrogen and oxygen atoms in total. The standard InChI is InChI=1S/C18H24BNO2S/c1-17(2)18(3,4)22-19(21-17)14(11-20-5)10-13-12-23-16-9-7-6-8-15(13)16/h6-10,12,20H,11H2,1-5H3. The monoisotopic (exact) mass is 329 g/mol. The lowest BCUT2D eigenvalue weighted by molar-refractivity contribution is 0.00578. The van der Waals surface area contributed by atoms with Crippen LogP contribution in [0.25, 0.3) is 16.2 Å². The summed E-state index contributed by atoms with van der Waals surface area (Å²) >= 11 is 1.77. The number of benzene rings is 1. The normalized spacial score (nSPS) is 20.4. The molecule has 0 atom stereocenters. The average molecular weight is 329 g/mol. The molecule has 0 saturated carbocycles. The van der Waals surface area contributed by atoms with Gasteiger partial charge in [-0.15, -0.1) is 11.3 Å². The van der Waals surface area contributed by atoms with E-state index in [0.717, 1.165) is 12.0 Å². The molecular weight excluding hydrogens is 305 g/mol. The van der Waals surface area contributed by atoms with Crippen LogP contribution in [0.3, 0.4) is 0 Å². The van der Waals surface area contributed by atoms with Crippen molar-refractivity contribution in [2.75, 3.05) is 13.6 Å². The Balaban J connectivity index is 1.96. The van der Waals surface area contributed by atoms with Gasteiger partial charge in [-0.1, -0.05) is 24.3 Å². The van der Waals surface area contributed by atoms with E-state index in [0.29, 0.717) is 0 Å². The molecule has 0 bridgehead atoms. The number of rotatable bonds is 4. The average Bonchev–Trinajstić information content (AvgIpc) is 2.97. The number of nitrogens with one attached hydrogen (secondary N) is 1. The highest BCUT2D eigenvalue weighted by Crippen LogP contribution is 2.39. The molecule has 3 rings (SSSR count). The molecule has 1 aromatic heterocycles. The van der Waals surface area contributed by atoms with Crippen LogP contribution in [-0.2, 0) is 9.31 Å². The molecule has 5 heteroatoms. The second-order valence-electron chi connectivity index (χ2n) is 7.03. The first-order valence-corrected chi connectivity index (χ1v) is 8.89. The molecule has 1 aliphatic rings. The van der Waals surface area contributed by atoms with Gasteiger partial charge in [-0.05, 0) is 62.6 Å². The molecule has 122 valence electrons. The Bertz CT molecular complexity index is 719. The summed E-state index contributed by atoms with van der Waals surface area (Å²) in [5, 5.41) is 6.72. The lowest BCUT2D eigenvalue weighted by Gasteiger charge is -2.32. The summed E-state index contributed by atoms with van der Waals surface area (Å²) in [4.78, 5) is 0. The van der Waals surface area contributed by atoms with E-state index in [-0.39, 0.29) is 18.3 Å². The summed E-state index contributed by atoms with van der Waals surface area (Å²) in [6.07, 6.45) is 2.21. The number of likely N-dealkylation sites (N-methyl/N-ethyl adjacent to an activating group) is 1. The molecule has 0 radical (unpaired) electrons. The van der Waals surface area contributed by atoms with E-state index in [2.05, 4.69) is 68.7 Å². The summed E-state index contributed by atoms with van der Waals surface area (Å²) in [6.45, 7) is 9.09. The van der Waals surface area contributed by atoms with Crippen molar-refractivity contribution in [1.82, 2.24) is 5.32 Å². The molecule has 0 unspecified atom stereocenters. The maximum atomic E-state index is 6.21. The van der Waals surface area contributed by atoms with E-state index in [1.54, 1.807) is 11.3 Å². The van der Waals surface area contributed by atoms with E-state index in [1.807, 2.05) is 7.05 Å². The molecular formula is C18H24BNO2S. The molecule has 0 aliphatic carbocycles. The van der Waals surface area contributed by atoms with Crippen molar-refractivity contribution in [1.29, 1.82) is 0 Å². The molecule has 1 fully saturated rings. The van der Waals surface area contributed by atoms with Crippen molar-refractivity contribution >= 4 is 34.6 Å². The van der Waals surface area contributed by atoms with Gasteiger partial charge >= 0.3 is 7.12 Å². The molecule has 1 aliphatic heterocycles. The van der Waals surface area contributed by atoms with Crippen LogP contribution >= 0.6 is 11.3 Å². The first-order chi connectivity index (χ1) is 10.8. The zero-order chi connectivity index (χ0) is 16.7. The number of fused-ring (bicyclic) bond motifs is 1. The molecule has 0 amide bonds. The van der Waals surface area contributed by atoms with Crippen LogP contribution in [0.1, 0.15) is 33.3 Å². The van der Waals surface area contributed by atoms with Gasteiger partial charge in [0, 0.05) is 11.2 Å². The van der Waals surface area contributed by atoms with E-state index < -0.39 is 0 Å². The third kappa shape index (κ3) is 3.11. The smallest absolute Gasteiger partial charge is 0.400 e. The molecule has 1 saturated heterocycles. The Morgan fingerprint density at radius 2 is 1.83 bits per heavy atom. The van der Waals surface area contributed by atoms with Gasteiger partial charge in [-0.3, -0.25) is 0 Å². The zero-order valence-corrected chi connectivity index (χ0v) is 15.3. The fourth-order valence-electron chi connectivity index (χ4n) is 2.71. The number of hydrogen-bond acceptors (Lipinski definition) is 4. The van der Waals surface area contributed by atoms with Crippen LogP contribution in [0, 0.1) is 0 Å². The molecule has 1 aromatic carbocycles. The highest BCUT2D eigenvalue weighted by Gasteiger charge is 2.52. The van der Waals surface area contributed by atoms with Crippen molar-refractivity contribution in [2.45, 2.75) is 38.9 Å². The number of hydrogen-bond donors (Lipinski definition) is 1. The van der Waals surface area contributed by atoms with Gasteiger partial charge < -0.3 is 14.6 Å². The first-order valence-electron chi connectivity index (χ1n) is 8.01. The van der Waals surface area contributed by atoms with Crippen molar-refractivity contribution < 1.29 is 9.31 Å². The predicted octanol–water partition coefficient (Wildman–Crippen LogP) is 4.14. The van der Waals surface area contributed by atoms with E-state index in [9.17, 15) is 0 Å². The highest BCUT2D eigenvalue weighted by molar-refractivity contribution is 7.17. The summed E-state index contributed by atoms with van der Waals surface area (Å²) in [7, 11) is 1.64. The Hall–Kier alpha value is -1.14. The lowest BCUT2D eigenvalue weighted by atomic mass is 9.77. The highest BCUT2D eigenvalue weighted by atomic mass is 32.1. The molecule has 1 N–H and O–H groups in total. The maximum Gasteiger partial charge on any atom is 0.491 e. The molecule has 2 heterocycles. The largest absolute Gasteiger partial charge is 0.491 e. The van der Waals surface area contributed by atoms with Gasteiger partial charge in [0.2, 0.25) is 0 Å². The van der Waals surface area contributed by atoms with Gasteiger partial charge in [-0.2, -0.15) is 0 Å². The lowest BCUT2D eigenvalue weighted by Crippen LogP contribution is -2.41. The second kappa shape index (κ2) is 6.06. The van der Waals surface area contributed by atoms with Crippen LogP contribution in [0.2, 0.25) is 0 Å². The van der Waals surface area contributed by atoms with Gasteiger partial charge in [-0.25, -0.2) is 0 Å². The minimum absolute atomic E-state index is 0.314. The maximum absolute atomic E-state index is 6.21. The third-order valence-corrected chi connectivity index (χ3v) is 5.77. The Kier molecular flexibility index (Phi) is 4.40. The minimum atomic E-state index is -0.318. The van der Waals surface area contributed by atoms with Crippen molar-refractivity contribution in [3.05, 3.63) is 40.7 Å². The van der Waals surface area contributed by atoms with Crippen LogP contribution < -0.4 is 5.32 Å². The summed E-state index contributed by atoms with van der Waals surface area (Å²) in [6, 6.07) is 8.48. The van der Waals surface area contributed by atoms with Crippen LogP contribution in [-0.4, -0.2) is 31.9 Å². The van der Waals surface area contributed by atoms with E-state index >= 15 is 0 Å². The van der Waals surface area contributed by atoms with Crippen LogP contribution in [0.4, 0.5) is 0 Å². The summed E-state index contributed by atoms with van der Waals surface area (Å²) < 4.78 is 13.7. The van der Waals surface area contributed by atoms with E-state index in [1.165, 1.54) is 15.6 Å². The van der Waals surface area contributed by atoms with Crippen LogP contribution in [0.5, 0.6) is 0 Å². The van der Waals surface area contributed by atoms with Gasteiger partial charge in [0.1, 0.15) is 0 Å². The fourth-order valence-corrected chi connectivity index (χ4v) is 3.63. The predicted molar refractivity (Wildman–Crippen MR) is 99.8 cm³/mol. The minimum Gasteiger partial charge on any atom is -0.400 e. The second-order valence-corrected chi connectivity index (χ2v) is 7.94. The Morgan fingerprint density at radius 3 is 2.48 bits per heavy atom. The topological polar surface area (TPSA) is 30.5 Å².